The van der Waals surface area contributed by atoms with Crippen LogP contribution in [0, 0.1) is 0 Å². The Morgan fingerprint density at radius 3 is 2.10 bits per heavy atom. The molecular weight excluding hydrogens is 142 g/mol. The van der Waals surface area contributed by atoms with Crippen LogP contribution in [0.25, 0.3) is 0 Å². The average molecular weight is 154 g/mol. The molecule has 0 fully saturated rings. The molecule has 0 saturated heterocycles. The van der Waals surface area contributed by atoms with Gasteiger partial charge in [0.05, 0.1) is 6.54 Å². The van der Waals surface area contributed by atoms with Crippen molar-refractivity contribution in [2.24, 2.45) is 11.5 Å². The minimum Gasteiger partial charge on any atom is -0.385 e. The van der Waals surface area contributed by atoms with E-state index in [1.165, 1.54) is 6.92 Å². The molecule has 0 aliphatic heterocycles. The van der Waals surface area contributed by atoms with E-state index in [0.29, 0.717) is 0 Å². The van der Waals surface area contributed by atoms with Crippen LogP contribution < -0.4 is 11.5 Å². The molecule has 0 aliphatic carbocycles. The highest BCUT2D eigenvalue weighted by Gasteiger charge is 2.38. The Hall–Kier alpha value is -0.260. The van der Waals surface area contributed by atoms with E-state index in [1.807, 2.05) is 0 Å². The molecule has 0 aromatic heterocycles. The van der Waals surface area contributed by atoms with Crippen molar-refractivity contribution in [1.29, 1.82) is 0 Å². The number of halogens is 2. The van der Waals surface area contributed by atoms with Gasteiger partial charge in [0.25, 0.3) is 5.92 Å². The second-order valence-corrected chi connectivity index (χ2v) is 2.27. The third-order valence-electron chi connectivity index (χ3n) is 1.20. The first-order chi connectivity index (χ1) is 4.41. The Morgan fingerprint density at radius 1 is 1.60 bits per heavy atom. The fourth-order valence-corrected chi connectivity index (χ4v) is 0.505. The summed E-state index contributed by atoms with van der Waals surface area (Å²) < 4.78 is 24.7. The highest BCUT2D eigenvalue weighted by atomic mass is 19.3. The van der Waals surface area contributed by atoms with Crippen molar-refractivity contribution in [3.8, 4) is 0 Å². The first-order valence-corrected chi connectivity index (χ1v) is 2.93. The number of hydrogen-bond donors (Lipinski definition) is 3. The number of rotatable bonds is 3. The van der Waals surface area contributed by atoms with Crippen molar-refractivity contribution in [2.45, 2.75) is 25.0 Å². The van der Waals surface area contributed by atoms with E-state index in [2.05, 4.69) is 5.73 Å². The van der Waals surface area contributed by atoms with Crippen LogP contribution >= 0.6 is 0 Å². The maximum atomic E-state index is 12.3. The molecular formula is C5H12F2N2O. The van der Waals surface area contributed by atoms with Gasteiger partial charge in [-0.15, -0.1) is 0 Å². The molecule has 2 unspecified atom stereocenters. The van der Waals surface area contributed by atoms with E-state index in [4.69, 9.17) is 10.8 Å². The summed E-state index contributed by atoms with van der Waals surface area (Å²) in [5.41, 5.74) is 9.69. The smallest absolute Gasteiger partial charge is 0.286 e. The van der Waals surface area contributed by atoms with Gasteiger partial charge in [0.15, 0.2) is 0 Å². The third kappa shape index (κ3) is 2.17. The molecule has 0 bridgehead atoms. The zero-order valence-corrected chi connectivity index (χ0v) is 5.72. The van der Waals surface area contributed by atoms with Crippen LogP contribution in [0.3, 0.4) is 0 Å². The quantitative estimate of drug-likeness (QED) is 0.502. The average Bonchev–Trinajstić information content (AvgIpc) is 1.86. The van der Waals surface area contributed by atoms with Gasteiger partial charge < -0.3 is 16.6 Å². The zero-order valence-electron chi connectivity index (χ0n) is 5.72. The Labute approximate surface area is 58.0 Å². The van der Waals surface area contributed by atoms with Crippen molar-refractivity contribution in [2.75, 3.05) is 6.54 Å². The summed E-state index contributed by atoms with van der Waals surface area (Å²) in [7, 11) is 0. The van der Waals surface area contributed by atoms with Crippen LogP contribution in [0.15, 0.2) is 0 Å². The van der Waals surface area contributed by atoms with Crippen LogP contribution in [0.4, 0.5) is 8.78 Å². The predicted molar refractivity (Wildman–Crippen MR) is 33.7 cm³/mol. The van der Waals surface area contributed by atoms with E-state index in [0.717, 1.165) is 0 Å². The first-order valence-electron chi connectivity index (χ1n) is 2.93. The molecule has 0 radical (unpaired) electrons. The van der Waals surface area contributed by atoms with Gasteiger partial charge in [0, 0.05) is 6.04 Å². The summed E-state index contributed by atoms with van der Waals surface area (Å²) in [6.45, 7) is 0.421. The lowest BCUT2D eigenvalue weighted by Gasteiger charge is -2.23. The Morgan fingerprint density at radius 2 is 2.00 bits per heavy atom. The number of hydrogen-bond acceptors (Lipinski definition) is 3. The van der Waals surface area contributed by atoms with Gasteiger partial charge in [-0.25, -0.2) is 8.78 Å². The van der Waals surface area contributed by atoms with Crippen LogP contribution in [-0.2, 0) is 0 Å². The van der Waals surface area contributed by atoms with Crippen LogP contribution in [0.5, 0.6) is 0 Å². The van der Waals surface area contributed by atoms with Gasteiger partial charge in [-0.3, -0.25) is 0 Å². The van der Waals surface area contributed by atoms with Crippen LogP contribution in [0.2, 0.25) is 0 Å². The fraction of sp³-hybridized carbons (Fsp3) is 1.00. The third-order valence-corrected chi connectivity index (χ3v) is 1.20. The standard InChI is InChI=1S/C5H12F2N2O/c1-3(9)4(10)5(6,7)2-8/h3-4,10H,2,8-9H2,1H3. The van der Waals surface area contributed by atoms with E-state index in [9.17, 15) is 8.78 Å². The molecule has 0 aromatic carbocycles. The summed E-state index contributed by atoms with van der Waals surface area (Å²) in [4.78, 5) is 0. The Balaban J connectivity index is 4.03. The van der Waals surface area contributed by atoms with Gasteiger partial charge in [-0.1, -0.05) is 0 Å². The van der Waals surface area contributed by atoms with Crippen molar-refractivity contribution < 1.29 is 13.9 Å². The van der Waals surface area contributed by atoms with Crippen molar-refractivity contribution in [3.05, 3.63) is 0 Å². The number of aliphatic hydroxyl groups excluding tert-OH is 1. The van der Waals surface area contributed by atoms with Gasteiger partial charge >= 0.3 is 0 Å². The summed E-state index contributed by atoms with van der Waals surface area (Å²) in [5.74, 6) is -3.27. The summed E-state index contributed by atoms with van der Waals surface area (Å²) in [5, 5.41) is 8.70. The molecule has 2 atom stereocenters. The molecule has 0 heterocycles. The molecule has 0 amide bonds. The normalized spacial score (nSPS) is 18.6. The number of nitrogens with two attached hydrogens (primary N) is 2. The molecule has 5 N–H and O–H groups in total. The SMILES string of the molecule is CC(N)C(O)C(F)(F)CN. The first kappa shape index (κ1) is 9.74. The second-order valence-electron chi connectivity index (χ2n) is 2.27. The fourth-order valence-electron chi connectivity index (χ4n) is 0.505. The molecule has 5 heteroatoms. The van der Waals surface area contributed by atoms with Crippen molar-refractivity contribution >= 4 is 0 Å². The molecule has 0 spiro atoms. The minimum atomic E-state index is -3.27. The van der Waals surface area contributed by atoms with Crippen LogP contribution in [-0.4, -0.2) is 29.7 Å². The number of aliphatic hydroxyl groups is 1. The molecule has 3 nitrogen and oxygen atoms in total. The molecule has 0 rings (SSSR count). The van der Waals surface area contributed by atoms with Crippen molar-refractivity contribution in [1.82, 2.24) is 0 Å². The number of alkyl halides is 2. The molecule has 0 aliphatic rings. The van der Waals surface area contributed by atoms with E-state index < -0.39 is 24.6 Å². The largest absolute Gasteiger partial charge is 0.385 e. The Bertz CT molecular complexity index is 108. The lowest BCUT2D eigenvalue weighted by molar-refractivity contribution is -0.107. The maximum absolute atomic E-state index is 12.3. The van der Waals surface area contributed by atoms with E-state index in [-0.39, 0.29) is 0 Å². The van der Waals surface area contributed by atoms with Crippen LogP contribution in [0.1, 0.15) is 6.92 Å². The predicted octanol–water partition coefficient (Wildman–Crippen LogP) is -0.712. The summed E-state index contributed by atoms with van der Waals surface area (Å²) in [6, 6.07) is -0.960. The van der Waals surface area contributed by atoms with Gasteiger partial charge in [0.1, 0.15) is 6.10 Å². The summed E-state index contributed by atoms with van der Waals surface area (Å²) in [6.07, 6.45) is -1.85. The minimum absolute atomic E-state index is 0.879. The Kier molecular flexibility index (Phi) is 3.14. The summed E-state index contributed by atoms with van der Waals surface area (Å²) >= 11 is 0. The topological polar surface area (TPSA) is 72.3 Å². The molecule has 0 aromatic rings. The molecule has 62 valence electrons. The lowest BCUT2D eigenvalue weighted by atomic mass is 10.1. The maximum Gasteiger partial charge on any atom is 0.286 e. The monoisotopic (exact) mass is 154 g/mol. The van der Waals surface area contributed by atoms with E-state index >= 15 is 0 Å². The van der Waals surface area contributed by atoms with E-state index in [1.54, 1.807) is 0 Å². The van der Waals surface area contributed by atoms with Crippen molar-refractivity contribution in [3.63, 3.8) is 0 Å². The van der Waals surface area contributed by atoms with Gasteiger partial charge in [0.2, 0.25) is 0 Å². The lowest BCUT2D eigenvalue weighted by Crippen LogP contribution is -2.49. The highest BCUT2D eigenvalue weighted by Crippen LogP contribution is 2.18. The van der Waals surface area contributed by atoms with Gasteiger partial charge in [-0.2, -0.15) is 0 Å². The molecule has 10 heavy (non-hydrogen) atoms. The second kappa shape index (κ2) is 3.23. The highest BCUT2D eigenvalue weighted by molar-refractivity contribution is 4.82. The zero-order chi connectivity index (χ0) is 8.36. The van der Waals surface area contributed by atoms with Gasteiger partial charge in [-0.05, 0) is 6.92 Å². The molecule has 0 saturated carbocycles.